The molecule has 1 heteroatoms. The molecule has 0 bridgehead atoms. The number of aliphatic hydroxyl groups is 1. The van der Waals surface area contributed by atoms with Crippen molar-refractivity contribution >= 4 is 0 Å². The van der Waals surface area contributed by atoms with Gasteiger partial charge in [0.1, 0.15) is 0 Å². The van der Waals surface area contributed by atoms with Gasteiger partial charge < -0.3 is 5.11 Å². The fourth-order valence-electron chi connectivity index (χ4n) is 0.397. The Morgan fingerprint density at radius 3 is 2.38 bits per heavy atom. The van der Waals surface area contributed by atoms with Crippen LogP contribution in [0.2, 0.25) is 0 Å². The summed E-state index contributed by atoms with van der Waals surface area (Å²) in [4.78, 5) is 0. The molecule has 0 unspecified atom stereocenters. The Morgan fingerprint density at radius 1 is 1.75 bits per heavy atom. The number of hydrogen-bond donors (Lipinski definition) is 1. The second-order valence-electron chi connectivity index (χ2n) is 1.80. The minimum absolute atomic E-state index is 0.330. The van der Waals surface area contributed by atoms with Crippen LogP contribution in [0.15, 0.2) is 24.0 Å². The van der Waals surface area contributed by atoms with E-state index in [4.69, 9.17) is 5.11 Å². The lowest BCUT2D eigenvalue weighted by atomic mass is 10.2. The van der Waals surface area contributed by atoms with E-state index in [1.165, 1.54) is 0 Å². The average molecular weight is 112 g/mol. The predicted octanol–water partition coefficient (Wildman–Crippen LogP) is 2.41. The van der Waals surface area contributed by atoms with Crippen molar-refractivity contribution in [3.63, 3.8) is 0 Å². The lowest BCUT2D eigenvalue weighted by molar-refractivity contribution is 0.413. The zero-order valence-electron chi connectivity index (χ0n) is 5.44. The predicted molar refractivity (Wildman–Crippen MR) is 35.8 cm³/mol. The normalized spacial score (nSPS) is 11.5. The van der Waals surface area contributed by atoms with E-state index in [9.17, 15) is 0 Å². The Morgan fingerprint density at radius 2 is 2.25 bits per heavy atom. The quantitative estimate of drug-likeness (QED) is 0.429. The first-order chi connectivity index (χ1) is 3.66. The van der Waals surface area contributed by atoms with Crippen LogP contribution in [0.25, 0.3) is 0 Å². The maximum atomic E-state index is 8.65. The largest absolute Gasteiger partial charge is 0.513 e. The maximum absolute atomic E-state index is 8.65. The molecule has 0 saturated heterocycles. The summed E-state index contributed by atoms with van der Waals surface area (Å²) >= 11 is 0. The van der Waals surface area contributed by atoms with Crippen LogP contribution in [0.5, 0.6) is 0 Å². The lowest BCUT2D eigenvalue weighted by Gasteiger charge is -1.90. The first kappa shape index (κ1) is 7.28. The van der Waals surface area contributed by atoms with E-state index < -0.39 is 0 Å². The van der Waals surface area contributed by atoms with Crippen LogP contribution < -0.4 is 0 Å². The lowest BCUT2D eigenvalue weighted by Crippen LogP contribution is -1.73. The molecule has 0 aliphatic rings. The van der Waals surface area contributed by atoms with Crippen molar-refractivity contribution in [1.82, 2.24) is 0 Å². The van der Waals surface area contributed by atoms with E-state index in [-0.39, 0.29) is 0 Å². The molecule has 8 heavy (non-hydrogen) atoms. The summed E-state index contributed by atoms with van der Waals surface area (Å²) in [5.74, 6) is 0.330. The highest BCUT2D eigenvalue weighted by Gasteiger charge is 1.82. The van der Waals surface area contributed by atoms with E-state index in [2.05, 4.69) is 6.58 Å². The van der Waals surface area contributed by atoms with Gasteiger partial charge in [-0.15, -0.1) is 0 Å². The van der Waals surface area contributed by atoms with E-state index in [1.54, 1.807) is 13.0 Å². The number of rotatable bonds is 2. The van der Waals surface area contributed by atoms with Crippen LogP contribution in [0.1, 0.15) is 20.3 Å². The summed E-state index contributed by atoms with van der Waals surface area (Å²) in [6, 6.07) is 0. The molecule has 0 fully saturated rings. The highest BCUT2D eigenvalue weighted by atomic mass is 16.3. The first-order valence-electron chi connectivity index (χ1n) is 2.72. The first-order valence-corrected chi connectivity index (χ1v) is 2.72. The van der Waals surface area contributed by atoms with Gasteiger partial charge in [-0.3, -0.25) is 0 Å². The molecule has 0 rings (SSSR count). The SMILES string of the molecule is C=C(/C=C(\C)O)CC. The molecular formula is C7H12O. The van der Waals surface area contributed by atoms with Crippen LogP contribution in [-0.4, -0.2) is 5.11 Å². The Labute approximate surface area is 50.3 Å². The third-order valence-corrected chi connectivity index (χ3v) is 0.867. The Bertz CT molecular complexity index is 108. The average Bonchev–Trinajstić information content (AvgIpc) is 1.65. The summed E-state index contributed by atoms with van der Waals surface area (Å²) in [5.41, 5.74) is 0.963. The van der Waals surface area contributed by atoms with Crippen molar-refractivity contribution in [2.24, 2.45) is 0 Å². The van der Waals surface area contributed by atoms with Crippen molar-refractivity contribution in [3.05, 3.63) is 24.0 Å². The molecule has 46 valence electrons. The Balaban J connectivity index is 3.70. The van der Waals surface area contributed by atoms with Gasteiger partial charge in [-0.25, -0.2) is 0 Å². The second-order valence-corrected chi connectivity index (χ2v) is 1.80. The van der Waals surface area contributed by atoms with Crippen molar-refractivity contribution in [3.8, 4) is 0 Å². The molecule has 0 atom stereocenters. The van der Waals surface area contributed by atoms with Gasteiger partial charge in [0, 0.05) is 0 Å². The molecule has 0 amide bonds. The van der Waals surface area contributed by atoms with Crippen LogP contribution in [0.4, 0.5) is 0 Å². The zero-order chi connectivity index (χ0) is 6.57. The molecule has 0 saturated carbocycles. The molecule has 0 heterocycles. The Hall–Kier alpha value is -0.720. The van der Waals surface area contributed by atoms with Gasteiger partial charge in [0.05, 0.1) is 5.76 Å². The van der Waals surface area contributed by atoms with Gasteiger partial charge in [-0.05, 0) is 19.4 Å². The molecule has 1 nitrogen and oxygen atoms in total. The monoisotopic (exact) mass is 112 g/mol. The summed E-state index contributed by atoms with van der Waals surface area (Å²) in [5, 5.41) is 8.65. The summed E-state index contributed by atoms with van der Waals surface area (Å²) < 4.78 is 0. The summed E-state index contributed by atoms with van der Waals surface area (Å²) in [6.07, 6.45) is 2.57. The fourth-order valence-corrected chi connectivity index (χ4v) is 0.397. The molecule has 0 aliphatic heterocycles. The number of allylic oxidation sites excluding steroid dienone is 3. The topological polar surface area (TPSA) is 20.2 Å². The summed E-state index contributed by atoms with van der Waals surface area (Å²) in [7, 11) is 0. The van der Waals surface area contributed by atoms with Crippen LogP contribution >= 0.6 is 0 Å². The van der Waals surface area contributed by atoms with Crippen LogP contribution in [0, 0.1) is 0 Å². The standard InChI is InChI=1S/C7H12O/c1-4-6(2)5-7(3)8/h5,8H,2,4H2,1,3H3/b7-5+. The fraction of sp³-hybridized carbons (Fsp3) is 0.429. The molecule has 0 aromatic rings. The van der Waals surface area contributed by atoms with Gasteiger partial charge >= 0.3 is 0 Å². The molecular weight excluding hydrogens is 100 g/mol. The van der Waals surface area contributed by atoms with E-state index in [0.717, 1.165) is 12.0 Å². The smallest absolute Gasteiger partial charge is 0.0894 e. The summed E-state index contributed by atoms with van der Waals surface area (Å²) in [6.45, 7) is 7.32. The molecule has 0 aromatic carbocycles. The molecule has 0 aromatic heterocycles. The molecule has 0 aliphatic carbocycles. The highest BCUT2D eigenvalue weighted by molar-refractivity contribution is 5.14. The molecule has 0 radical (unpaired) electrons. The Kier molecular flexibility index (Phi) is 3.01. The number of hydrogen-bond acceptors (Lipinski definition) is 1. The van der Waals surface area contributed by atoms with Crippen molar-refractivity contribution < 1.29 is 5.11 Å². The maximum Gasteiger partial charge on any atom is 0.0894 e. The van der Waals surface area contributed by atoms with E-state index >= 15 is 0 Å². The zero-order valence-corrected chi connectivity index (χ0v) is 5.44. The van der Waals surface area contributed by atoms with Crippen molar-refractivity contribution in [2.75, 3.05) is 0 Å². The van der Waals surface area contributed by atoms with Crippen molar-refractivity contribution in [1.29, 1.82) is 0 Å². The third-order valence-electron chi connectivity index (χ3n) is 0.867. The van der Waals surface area contributed by atoms with Gasteiger partial charge in [0.15, 0.2) is 0 Å². The molecule has 1 N–H and O–H groups in total. The number of aliphatic hydroxyl groups excluding tert-OH is 1. The van der Waals surface area contributed by atoms with Gasteiger partial charge in [0.2, 0.25) is 0 Å². The van der Waals surface area contributed by atoms with E-state index in [0.29, 0.717) is 5.76 Å². The molecule has 0 spiro atoms. The minimum Gasteiger partial charge on any atom is -0.513 e. The van der Waals surface area contributed by atoms with Gasteiger partial charge in [-0.2, -0.15) is 0 Å². The van der Waals surface area contributed by atoms with Crippen LogP contribution in [-0.2, 0) is 0 Å². The van der Waals surface area contributed by atoms with Gasteiger partial charge in [-0.1, -0.05) is 19.1 Å². The third kappa shape index (κ3) is 3.47. The highest BCUT2D eigenvalue weighted by Crippen LogP contribution is 2.00. The second kappa shape index (κ2) is 3.30. The van der Waals surface area contributed by atoms with E-state index in [1.807, 2.05) is 6.92 Å². The van der Waals surface area contributed by atoms with Crippen LogP contribution in [0.3, 0.4) is 0 Å². The van der Waals surface area contributed by atoms with Gasteiger partial charge in [0.25, 0.3) is 0 Å². The minimum atomic E-state index is 0.330. The van der Waals surface area contributed by atoms with Crippen molar-refractivity contribution in [2.45, 2.75) is 20.3 Å².